The van der Waals surface area contributed by atoms with Gasteiger partial charge < -0.3 is 0 Å². The average Bonchev–Trinajstić information content (AvgIpc) is 2.47. The van der Waals surface area contributed by atoms with Crippen LogP contribution in [0, 0.1) is 0 Å². The number of pyridine rings is 1. The molecule has 2 aromatic rings. The topological polar surface area (TPSA) is 50.9 Å². The van der Waals surface area contributed by atoms with E-state index in [1.165, 1.54) is 12.0 Å². The van der Waals surface area contributed by atoms with E-state index in [9.17, 15) is 0 Å². The fourth-order valence-electron chi connectivity index (χ4n) is 1.93. The highest BCUT2D eigenvalue weighted by atomic mass is 32.2. The summed E-state index contributed by atoms with van der Waals surface area (Å²) < 4.78 is 0. The van der Waals surface area contributed by atoms with Gasteiger partial charge in [-0.05, 0) is 30.2 Å². The number of hydrogen-bond acceptors (Lipinski definition) is 4. The van der Waals surface area contributed by atoms with Gasteiger partial charge in [-0.15, -0.1) is 0 Å². The average molecular weight is 275 g/mol. The minimum absolute atomic E-state index is 0.184. The van der Waals surface area contributed by atoms with Gasteiger partial charge in [0.15, 0.2) is 0 Å². The first-order valence-corrected chi connectivity index (χ1v) is 7.72. The van der Waals surface area contributed by atoms with Crippen LogP contribution in [0.2, 0.25) is 0 Å². The Balaban J connectivity index is 2.15. The predicted octanol–water partition coefficient (Wildman–Crippen LogP) is 3.27. The number of hydrogen-bond donors (Lipinski definition) is 2. The zero-order valence-corrected chi connectivity index (χ0v) is 12.3. The van der Waals surface area contributed by atoms with Crippen LogP contribution in [-0.4, -0.2) is 16.0 Å². The summed E-state index contributed by atoms with van der Waals surface area (Å²) in [4.78, 5) is 4.34. The second-order valence-corrected chi connectivity index (χ2v) is 6.20. The molecule has 1 aromatic carbocycles. The van der Waals surface area contributed by atoms with Crippen LogP contribution in [0.1, 0.15) is 31.9 Å². The van der Waals surface area contributed by atoms with Crippen molar-refractivity contribution in [2.24, 2.45) is 5.84 Å². The Morgan fingerprint density at radius 3 is 2.95 bits per heavy atom. The van der Waals surface area contributed by atoms with Crippen molar-refractivity contribution >= 4 is 22.7 Å². The fraction of sp³-hybridized carbons (Fsp3) is 0.400. The Morgan fingerprint density at radius 1 is 1.37 bits per heavy atom. The molecule has 19 heavy (non-hydrogen) atoms. The van der Waals surface area contributed by atoms with E-state index in [0.29, 0.717) is 5.25 Å². The van der Waals surface area contributed by atoms with Crippen molar-refractivity contribution in [3.8, 4) is 0 Å². The maximum Gasteiger partial charge on any atom is 0.0702 e. The molecule has 1 heterocycles. The third kappa shape index (κ3) is 3.69. The standard InChI is InChI=1S/C15H21N3S/c1-3-11(2)19-10-15(18-16)13-6-7-14-12(9-13)5-4-8-17-14/h4-9,11,15,18H,3,10,16H2,1-2H3. The highest BCUT2D eigenvalue weighted by Gasteiger charge is 2.12. The second-order valence-electron chi connectivity index (χ2n) is 4.73. The summed E-state index contributed by atoms with van der Waals surface area (Å²) in [5.74, 6) is 6.68. The first-order valence-electron chi connectivity index (χ1n) is 6.67. The number of thioether (sulfide) groups is 1. The molecule has 1 aromatic heterocycles. The van der Waals surface area contributed by atoms with Crippen LogP contribution in [0.15, 0.2) is 36.5 Å². The van der Waals surface area contributed by atoms with Gasteiger partial charge in [0.05, 0.1) is 11.6 Å². The number of fused-ring (bicyclic) bond motifs is 1. The van der Waals surface area contributed by atoms with Gasteiger partial charge in [-0.1, -0.05) is 26.0 Å². The monoisotopic (exact) mass is 275 g/mol. The maximum absolute atomic E-state index is 5.70. The lowest BCUT2D eigenvalue weighted by molar-refractivity contribution is 0.610. The lowest BCUT2D eigenvalue weighted by Gasteiger charge is -2.18. The van der Waals surface area contributed by atoms with Crippen molar-refractivity contribution in [3.63, 3.8) is 0 Å². The van der Waals surface area contributed by atoms with Crippen molar-refractivity contribution < 1.29 is 0 Å². The number of rotatable bonds is 6. The molecular weight excluding hydrogens is 254 g/mol. The van der Waals surface area contributed by atoms with Crippen LogP contribution in [-0.2, 0) is 0 Å². The first-order chi connectivity index (χ1) is 9.24. The highest BCUT2D eigenvalue weighted by molar-refractivity contribution is 7.99. The van der Waals surface area contributed by atoms with E-state index in [2.05, 4.69) is 48.5 Å². The Labute approximate surface area is 119 Å². The molecule has 0 bridgehead atoms. The zero-order chi connectivity index (χ0) is 13.7. The summed E-state index contributed by atoms with van der Waals surface area (Å²) >= 11 is 1.95. The molecule has 0 aliphatic rings. The molecule has 2 unspecified atom stereocenters. The molecule has 2 rings (SSSR count). The van der Waals surface area contributed by atoms with Crippen molar-refractivity contribution in [2.45, 2.75) is 31.6 Å². The molecule has 3 N–H and O–H groups in total. The van der Waals surface area contributed by atoms with Crippen molar-refractivity contribution in [2.75, 3.05) is 5.75 Å². The molecule has 0 saturated carbocycles. The highest BCUT2D eigenvalue weighted by Crippen LogP contribution is 2.24. The van der Waals surface area contributed by atoms with E-state index < -0.39 is 0 Å². The molecule has 0 radical (unpaired) electrons. The van der Waals surface area contributed by atoms with Crippen LogP contribution in [0.5, 0.6) is 0 Å². The van der Waals surface area contributed by atoms with Gasteiger partial charge in [-0.3, -0.25) is 16.3 Å². The minimum Gasteiger partial charge on any atom is -0.271 e. The molecule has 3 nitrogen and oxygen atoms in total. The number of nitrogens with one attached hydrogen (secondary N) is 1. The summed E-state index contributed by atoms with van der Waals surface area (Å²) in [6.07, 6.45) is 3.00. The Kier molecular flexibility index (Phi) is 5.19. The third-order valence-electron chi connectivity index (χ3n) is 3.35. The van der Waals surface area contributed by atoms with E-state index in [1.54, 1.807) is 0 Å². The van der Waals surface area contributed by atoms with Gasteiger partial charge in [-0.25, -0.2) is 0 Å². The third-order valence-corrected chi connectivity index (χ3v) is 4.78. The van der Waals surface area contributed by atoms with E-state index >= 15 is 0 Å². The summed E-state index contributed by atoms with van der Waals surface area (Å²) in [6, 6.07) is 10.6. The smallest absolute Gasteiger partial charge is 0.0702 e. The van der Waals surface area contributed by atoms with E-state index in [-0.39, 0.29) is 6.04 Å². The van der Waals surface area contributed by atoms with Gasteiger partial charge in [0, 0.05) is 22.6 Å². The van der Waals surface area contributed by atoms with E-state index in [4.69, 9.17) is 5.84 Å². The SMILES string of the molecule is CCC(C)SCC(NN)c1ccc2ncccc2c1. The van der Waals surface area contributed by atoms with Crippen molar-refractivity contribution in [1.82, 2.24) is 10.4 Å². The lowest BCUT2D eigenvalue weighted by Crippen LogP contribution is -2.30. The number of hydrazine groups is 1. The van der Waals surface area contributed by atoms with Crippen molar-refractivity contribution in [1.29, 1.82) is 0 Å². The molecule has 0 fully saturated rings. The van der Waals surface area contributed by atoms with Gasteiger partial charge in [0.25, 0.3) is 0 Å². The molecule has 0 amide bonds. The molecule has 0 saturated heterocycles. The molecular formula is C15H21N3S. The van der Waals surface area contributed by atoms with Crippen LogP contribution in [0.3, 0.4) is 0 Å². The fourth-order valence-corrected chi connectivity index (χ4v) is 2.98. The normalized spacial score (nSPS) is 14.5. The van der Waals surface area contributed by atoms with Gasteiger partial charge in [0.1, 0.15) is 0 Å². The summed E-state index contributed by atoms with van der Waals surface area (Å²) in [7, 11) is 0. The van der Waals surface area contributed by atoms with Crippen LogP contribution < -0.4 is 11.3 Å². The maximum atomic E-state index is 5.70. The molecule has 0 aliphatic carbocycles. The predicted molar refractivity (Wildman–Crippen MR) is 84.0 cm³/mol. The van der Waals surface area contributed by atoms with Crippen LogP contribution in [0.4, 0.5) is 0 Å². The van der Waals surface area contributed by atoms with E-state index in [0.717, 1.165) is 16.7 Å². The van der Waals surface area contributed by atoms with Gasteiger partial charge in [-0.2, -0.15) is 11.8 Å². The number of benzene rings is 1. The second kappa shape index (κ2) is 6.89. The summed E-state index contributed by atoms with van der Waals surface area (Å²) in [5, 5.41) is 1.83. The van der Waals surface area contributed by atoms with Crippen LogP contribution >= 0.6 is 11.8 Å². The van der Waals surface area contributed by atoms with Crippen molar-refractivity contribution in [3.05, 3.63) is 42.1 Å². The quantitative estimate of drug-likeness (QED) is 0.627. The molecule has 102 valence electrons. The summed E-state index contributed by atoms with van der Waals surface area (Å²) in [5.41, 5.74) is 5.17. The molecule has 4 heteroatoms. The van der Waals surface area contributed by atoms with Gasteiger partial charge in [0.2, 0.25) is 0 Å². The number of nitrogens with two attached hydrogens (primary N) is 1. The van der Waals surface area contributed by atoms with Gasteiger partial charge >= 0.3 is 0 Å². The number of nitrogens with zero attached hydrogens (tertiary/aromatic N) is 1. The van der Waals surface area contributed by atoms with Crippen LogP contribution in [0.25, 0.3) is 10.9 Å². The Bertz CT molecular complexity index is 530. The van der Waals surface area contributed by atoms with E-state index in [1.807, 2.05) is 24.0 Å². The number of aromatic nitrogens is 1. The molecule has 0 aliphatic heterocycles. The summed E-state index contributed by atoms with van der Waals surface area (Å²) in [6.45, 7) is 4.47. The molecule has 2 atom stereocenters. The Morgan fingerprint density at radius 2 is 2.21 bits per heavy atom. The minimum atomic E-state index is 0.184. The Hall–Kier alpha value is -1.10. The lowest BCUT2D eigenvalue weighted by atomic mass is 10.1. The first kappa shape index (κ1) is 14.3. The zero-order valence-electron chi connectivity index (χ0n) is 11.5. The largest absolute Gasteiger partial charge is 0.271 e. The molecule has 0 spiro atoms.